The molecule has 0 N–H and O–H groups in total. The number of rotatable bonds is 5. The Balaban J connectivity index is 1.62. The third-order valence-corrected chi connectivity index (χ3v) is 5.22. The van der Waals surface area contributed by atoms with Gasteiger partial charge in [-0.25, -0.2) is 0 Å². The Morgan fingerprint density at radius 1 is 0.688 bits per heavy atom. The minimum atomic E-state index is -0.752. The van der Waals surface area contributed by atoms with Gasteiger partial charge in [0, 0.05) is 25.0 Å². The standard InChI is InChI=1S/C24H26O8/c1-15(25)29-19-13-27-23(17-9-5-3-6-10-17)31-21(19)22-20(30-16(2)26)14-28-24(32-22)18-11-7-4-8-12-18/h3-12,19-24H,13-14H2,1-2H3. The molecule has 2 aliphatic rings. The van der Waals surface area contributed by atoms with E-state index in [0.717, 1.165) is 11.1 Å². The van der Waals surface area contributed by atoms with Crippen LogP contribution in [0.1, 0.15) is 37.6 Å². The number of carbonyl (C=O) groups is 2. The maximum atomic E-state index is 11.8. The van der Waals surface area contributed by atoms with Crippen molar-refractivity contribution in [3.05, 3.63) is 71.8 Å². The van der Waals surface area contributed by atoms with E-state index in [1.165, 1.54) is 13.8 Å². The maximum Gasteiger partial charge on any atom is 0.303 e. The number of esters is 2. The molecule has 2 aromatic carbocycles. The first-order valence-corrected chi connectivity index (χ1v) is 10.5. The van der Waals surface area contributed by atoms with E-state index >= 15 is 0 Å². The summed E-state index contributed by atoms with van der Waals surface area (Å²) in [6.07, 6.45) is -4.37. The Kier molecular flexibility index (Phi) is 7.16. The summed E-state index contributed by atoms with van der Waals surface area (Å²) < 4.78 is 35.1. The van der Waals surface area contributed by atoms with E-state index in [-0.39, 0.29) is 13.2 Å². The van der Waals surface area contributed by atoms with E-state index in [4.69, 9.17) is 28.4 Å². The molecule has 8 nitrogen and oxygen atoms in total. The molecule has 170 valence electrons. The van der Waals surface area contributed by atoms with Crippen LogP contribution >= 0.6 is 0 Å². The van der Waals surface area contributed by atoms with Crippen LogP contribution in [0.4, 0.5) is 0 Å². The summed E-state index contributed by atoms with van der Waals surface area (Å²) in [5, 5.41) is 0. The van der Waals surface area contributed by atoms with Crippen molar-refractivity contribution in [1.29, 1.82) is 0 Å². The molecule has 2 aliphatic heterocycles. The lowest BCUT2D eigenvalue weighted by Gasteiger charge is -2.44. The zero-order valence-electron chi connectivity index (χ0n) is 17.9. The van der Waals surface area contributed by atoms with E-state index in [1.807, 2.05) is 60.7 Å². The molecule has 0 aromatic heterocycles. The molecule has 0 radical (unpaired) electrons. The molecule has 0 spiro atoms. The van der Waals surface area contributed by atoms with Crippen molar-refractivity contribution in [2.24, 2.45) is 0 Å². The third kappa shape index (κ3) is 5.34. The van der Waals surface area contributed by atoms with Gasteiger partial charge in [-0.1, -0.05) is 60.7 Å². The van der Waals surface area contributed by atoms with Gasteiger partial charge in [0.2, 0.25) is 0 Å². The summed E-state index contributed by atoms with van der Waals surface area (Å²) in [4.78, 5) is 23.5. The fraction of sp³-hybridized carbons (Fsp3) is 0.417. The smallest absolute Gasteiger partial charge is 0.303 e. The van der Waals surface area contributed by atoms with Gasteiger partial charge in [-0.2, -0.15) is 0 Å². The van der Waals surface area contributed by atoms with E-state index < -0.39 is 48.9 Å². The van der Waals surface area contributed by atoms with Crippen LogP contribution in [0.5, 0.6) is 0 Å². The minimum Gasteiger partial charge on any atom is -0.457 e. The van der Waals surface area contributed by atoms with E-state index in [0.29, 0.717) is 0 Å². The zero-order chi connectivity index (χ0) is 22.5. The average Bonchev–Trinajstić information content (AvgIpc) is 2.80. The van der Waals surface area contributed by atoms with Gasteiger partial charge < -0.3 is 28.4 Å². The molecule has 2 heterocycles. The van der Waals surface area contributed by atoms with Crippen molar-refractivity contribution in [3.8, 4) is 0 Å². The fourth-order valence-electron chi connectivity index (χ4n) is 3.87. The van der Waals surface area contributed by atoms with Gasteiger partial charge in [-0.05, 0) is 0 Å². The molecule has 8 heteroatoms. The molecule has 32 heavy (non-hydrogen) atoms. The van der Waals surface area contributed by atoms with E-state index in [1.54, 1.807) is 0 Å². The molecule has 0 saturated carbocycles. The second-order valence-electron chi connectivity index (χ2n) is 7.65. The molecule has 0 bridgehead atoms. The molecule has 2 fully saturated rings. The Hall–Kier alpha value is -2.78. The van der Waals surface area contributed by atoms with Crippen molar-refractivity contribution in [2.45, 2.75) is 50.8 Å². The number of hydrogen-bond acceptors (Lipinski definition) is 8. The second-order valence-corrected chi connectivity index (χ2v) is 7.65. The van der Waals surface area contributed by atoms with Crippen LogP contribution in [0.2, 0.25) is 0 Å². The van der Waals surface area contributed by atoms with Crippen LogP contribution in [0, 0.1) is 0 Å². The predicted octanol–water partition coefficient (Wildman–Crippen LogP) is 3.08. The summed E-state index contributed by atoms with van der Waals surface area (Å²) in [7, 11) is 0. The normalized spacial score (nSPS) is 30.3. The molecular weight excluding hydrogens is 416 g/mol. The first-order chi connectivity index (χ1) is 15.5. The summed E-state index contributed by atoms with van der Waals surface area (Å²) in [5.74, 6) is -0.942. The summed E-state index contributed by atoms with van der Waals surface area (Å²) in [6, 6.07) is 18.9. The topological polar surface area (TPSA) is 89.5 Å². The molecule has 0 aliphatic carbocycles. The summed E-state index contributed by atoms with van der Waals surface area (Å²) >= 11 is 0. The molecule has 2 saturated heterocycles. The highest BCUT2D eigenvalue weighted by Gasteiger charge is 2.48. The Labute approximate surface area is 186 Å². The Bertz CT molecular complexity index is 827. The lowest BCUT2D eigenvalue weighted by atomic mass is 10.00. The first-order valence-electron chi connectivity index (χ1n) is 10.5. The fourth-order valence-corrected chi connectivity index (χ4v) is 3.87. The first kappa shape index (κ1) is 22.4. The van der Waals surface area contributed by atoms with Gasteiger partial charge in [0.1, 0.15) is 12.2 Å². The van der Waals surface area contributed by atoms with E-state index in [9.17, 15) is 9.59 Å². The zero-order valence-corrected chi connectivity index (χ0v) is 17.9. The van der Waals surface area contributed by atoms with E-state index in [2.05, 4.69) is 0 Å². The number of hydrogen-bond donors (Lipinski definition) is 0. The van der Waals surface area contributed by atoms with Gasteiger partial charge in [0.05, 0.1) is 13.2 Å². The molecule has 6 atom stereocenters. The van der Waals surface area contributed by atoms with Crippen LogP contribution in [-0.4, -0.2) is 49.6 Å². The Morgan fingerprint density at radius 3 is 1.41 bits per heavy atom. The van der Waals surface area contributed by atoms with Crippen LogP contribution in [0.15, 0.2) is 60.7 Å². The number of carbonyl (C=O) groups excluding carboxylic acids is 2. The maximum absolute atomic E-state index is 11.8. The van der Waals surface area contributed by atoms with Crippen LogP contribution in [0.25, 0.3) is 0 Å². The van der Waals surface area contributed by atoms with Gasteiger partial charge in [-0.15, -0.1) is 0 Å². The van der Waals surface area contributed by atoms with Gasteiger partial charge in [0.25, 0.3) is 0 Å². The van der Waals surface area contributed by atoms with Crippen LogP contribution < -0.4 is 0 Å². The monoisotopic (exact) mass is 442 g/mol. The third-order valence-electron chi connectivity index (χ3n) is 5.22. The predicted molar refractivity (Wildman–Crippen MR) is 111 cm³/mol. The van der Waals surface area contributed by atoms with Crippen molar-refractivity contribution in [2.75, 3.05) is 13.2 Å². The van der Waals surface area contributed by atoms with Crippen molar-refractivity contribution in [1.82, 2.24) is 0 Å². The number of ether oxygens (including phenoxy) is 6. The van der Waals surface area contributed by atoms with Crippen molar-refractivity contribution in [3.63, 3.8) is 0 Å². The summed E-state index contributed by atoms with van der Waals surface area (Å²) in [6.45, 7) is 2.85. The minimum absolute atomic E-state index is 0.104. The quantitative estimate of drug-likeness (QED) is 0.653. The SMILES string of the molecule is CC(=O)OC1COC(c2ccccc2)OC1C1OC(c2ccccc2)OCC1OC(C)=O. The molecule has 4 rings (SSSR count). The second kappa shape index (κ2) is 10.2. The van der Waals surface area contributed by atoms with Gasteiger partial charge in [-0.3, -0.25) is 9.59 Å². The van der Waals surface area contributed by atoms with Crippen LogP contribution in [0.3, 0.4) is 0 Å². The molecule has 2 aromatic rings. The van der Waals surface area contributed by atoms with Crippen molar-refractivity contribution >= 4 is 11.9 Å². The largest absolute Gasteiger partial charge is 0.457 e. The summed E-state index contributed by atoms with van der Waals surface area (Å²) in [5.41, 5.74) is 1.63. The average molecular weight is 442 g/mol. The van der Waals surface area contributed by atoms with Crippen LogP contribution in [-0.2, 0) is 38.0 Å². The highest BCUT2D eigenvalue weighted by molar-refractivity contribution is 5.66. The molecular formula is C24H26O8. The highest BCUT2D eigenvalue weighted by atomic mass is 16.7. The lowest BCUT2D eigenvalue weighted by Crippen LogP contribution is -2.57. The van der Waals surface area contributed by atoms with Crippen molar-refractivity contribution < 1.29 is 38.0 Å². The molecule has 6 unspecified atom stereocenters. The molecule has 0 amide bonds. The van der Waals surface area contributed by atoms with Gasteiger partial charge >= 0.3 is 11.9 Å². The number of benzene rings is 2. The highest BCUT2D eigenvalue weighted by Crippen LogP contribution is 2.36. The lowest BCUT2D eigenvalue weighted by molar-refractivity contribution is -0.333. The Morgan fingerprint density at radius 2 is 1.06 bits per heavy atom. The van der Waals surface area contributed by atoms with Gasteiger partial charge in [0.15, 0.2) is 24.8 Å².